The third-order valence-electron chi connectivity index (χ3n) is 4.04. The minimum atomic E-state index is -1.04. The molecule has 0 spiro atoms. The van der Waals surface area contributed by atoms with Crippen LogP contribution in [0.15, 0.2) is 54.6 Å². The minimum absolute atomic E-state index is 0.0167. The second kappa shape index (κ2) is 8.76. The number of hydrogen-bond acceptors (Lipinski definition) is 6. The van der Waals surface area contributed by atoms with E-state index >= 15 is 0 Å². The van der Waals surface area contributed by atoms with Crippen LogP contribution in [-0.4, -0.2) is 38.9 Å². The molecule has 144 valence electrons. The number of primary amides is 1. The van der Waals surface area contributed by atoms with Gasteiger partial charge in [0.2, 0.25) is 5.91 Å². The molecule has 1 unspecified atom stereocenters. The number of benzene rings is 2. The summed E-state index contributed by atoms with van der Waals surface area (Å²) in [5, 5.41) is 10.3. The maximum atomic E-state index is 12.9. The molecule has 3 N–H and O–H groups in total. The number of rotatable bonds is 7. The molecule has 1 aromatic heterocycles. The summed E-state index contributed by atoms with van der Waals surface area (Å²) in [6, 6.07) is 15.0. The fourth-order valence-corrected chi connectivity index (χ4v) is 2.63. The zero-order chi connectivity index (χ0) is 19.9. The highest BCUT2D eigenvalue weighted by Gasteiger charge is 2.26. The van der Waals surface area contributed by atoms with Gasteiger partial charge >= 0.3 is 6.09 Å². The molecule has 0 aliphatic carbocycles. The van der Waals surface area contributed by atoms with Crippen LogP contribution in [0, 0.1) is 0 Å². The Morgan fingerprint density at radius 3 is 2.54 bits per heavy atom. The average molecular weight is 381 g/mol. The second-order valence-corrected chi connectivity index (χ2v) is 6.09. The summed E-state index contributed by atoms with van der Waals surface area (Å²) in [7, 11) is 0. The number of aromatic nitrogens is 3. The summed E-state index contributed by atoms with van der Waals surface area (Å²) in [5.74, 6) is -1.12. The fraction of sp³-hybridized carbons (Fsp3) is 0.211. The van der Waals surface area contributed by atoms with Crippen molar-refractivity contribution < 1.29 is 19.1 Å². The highest BCUT2D eigenvalue weighted by atomic mass is 16.5. The molecule has 2 aromatic carbocycles. The Kier molecular flexibility index (Phi) is 5.95. The van der Waals surface area contributed by atoms with Gasteiger partial charge in [-0.3, -0.25) is 9.59 Å². The van der Waals surface area contributed by atoms with Crippen molar-refractivity contribution in [1.29, 1.82) is 0 Å². The van der Waals surface area contributed by atoms with Crippen molar-refractivity contribution in [3.63, 3.8) is 0 Å². The molecule has 0 fully saturated rings. The van der Waals surface area contributed by atoms with Gasteiger partial charge in [0.25, 0.3) is 5.91 Å². The van der Waals surface area contributed by atoms with Crippen LogP contribution in [0.1, 0.15) is 23.2 Å². The Morgan fingerprint density at radius 2 is 1.79 bits per heavy atom. The number of para-hydroxylation sites is 1. The number of fused-ring (bicyclic) bond motifs is 1. The summed E-state index contributed by atoms with van der Waals surface area (Å²) in [4.78, 5) is 36.2. The molecule has 1 atom stereocenters. The molecular formula is C19H19N5O4. The van der Waals surface area contributed by atoms with Crippen molar-refractivity contribution in [2.75, 3.05) is 0 Å². The van der Waals surface area contributed by atoms with E-state index in [2.05, 4.69) is 15.6 Å². The molecule has 9 nitrogen and oxygen atoms in total. The minimum Gasteiger partial charge on any atom is -0.445 e. The second-order valence-electron chi connectivity index (χ2n) is 6.09. The molecule has 0 radical (unpaired) electrons. The SMILES string of the molecule is NC(=O)CCC(NC(=O)OCc1ccccc1)C(=O)n1nnc2ccccc21. The Morgan fingerprint density at radius 1 is 1.07 bits per heavy atom. The zero-order valence-electron chi connectivity index (χ0n) is 14.9. The fourth-order valence-electron chi connectivity index (χ4n) is 2.63. The van der Waals surface area contributed by atoms with Crippen LogP contribution in [0.3, 0.4) is 0 Å². The van der Waals surface area contributed by atoms with Gasteiger partial charge in [0.1, 0.15) is 18.2 Å². The standard InChI is InChI=1S/C19H19N5O4/c20-17(25)11-10-15(21-19(27)28-12-13-6-2-1-3-7-13)18(26)24-16-9-5-4-8-14(16)22-23-24/h1-9,15H,10-12H2,(H2,20,25)(H,21,27). The quantitative estimate of drug-likeness (QED) is 0.640. The van der Waals surface area contributed by atoms with Gasteiger partial charge in [-0.25, -0.2) is 4.79 Å². The molecule has 9 heteroatoms. The Hall–Kier alpha value is -3.75. The lowest BCUT2D eigenvalue weighted by molar-refractivity contribution is -0.118. The summed E-state index contributed by atoms with van der Waals surface area (Å²) < 4.78 is 6.25. The van der Waals surface area contributed by atoms with E-state index in [4.69, 9.17) is 10.5 Å². The Labute approximate surface area is 160 Å². The number of ether oxygens (including phenoxy) is 1. The predicted molar refractivity (Wildman–Crippen MR) is 100 cm³/mol. The van der Waals surface area contributed by atoms with E-state index in [9.17, 15) is 14.4 Å². The average Bonchev–Trinajstić information content (AvgIpc) is 3.14. The van der Waals surface area contributed by atoms with Crippen LogP contribution >= 0.6 is 0 Å². The number of amides is 2. The molecule has 0 saturated carbocycles. The van der Waals surface area contributed by atoms with Crippen molar-refractivity contribution in [2.45, 2.75) is 25.5 Å². The first-order valence-corrected chi connectivity index (χ1v) is 8.65. The summed E-state index contributed by atoms with van der Waals surface area (Å²) in [5.41, 5.74) is 7.03. The Balaban J connectivity index is 1.71. The van der Waals surface area contributed by atoms with Gasteiger partial charge in [-0.2, -0.15) is 4.68 Å². The van der Waals surface area contributed by atoms with Crippen molar-refractivity contribution in [3.8, 4) is 0 Å². The van der Waals surface area contributed by atoms with Crippen molar-refractivity contribution in [1.82, 2.24) is 20.3 Å². The van der Waals surface area contributed by atoms with Crippen LogP contribution in [-0.2, 0) is 16.1 Å². The van der Waals surface area contributed by atoms with E-state index in [1.165, 1.54) is 0 Å². The van der Waals surface area contributed by atoms with Crippen LogP contribution in [0.5, 0.6) is 0 Å². The first kappa shape index (κ1) is 19.0. The molecular weight excluding hydrogens is 362 g/mol. The molecule has 3 rings (SSSR count). The van der Waals surface area contributed by atoms with E-state index in [0.717, 1.165) is 10.2 Å². The van der Waals surface area contributed by atoms with E-state index < -0.39 is 23.9 Å². The van der Waals surface area contributed by atoms with E-state index in [0.29, 0.717) is 11.0 Å². The lowest BCUT2D eigenvalue weighted by Gasteiger charge is -2.17. The van der Waals surface area contributed by atoms with E-state index in [1.54, 1.807) is 24.3 Å². The molecule has 0 saturated heterocycles. The van der Waals surface area contributed by atoms with Gasteiger partial charge in [-0.05, 0) is 24.1 Å². The van der Waals surface area contributed by atoms with Crippen LogP contribution in [0.2, 0.25) is 0 Å². The van der Waals surface area contributed by atoms with Gasteiger partial charge in [0.05, 0.1) is 5.52 Å². The first-order valence-electron chi connectivity index (χ1n) is 8.65. The van der Waals surface area contributed by atoms with Crippen molar-refractivity contribution >= 4 is 28.9 Å². The lowest BCUT2D eigenvalue weighted by Crippen LogP contribution is -2.44. The molecule has 2 amide bonds. The van der Waals surface area contributed by atoms with Crippen LogP contribution < -0.4 is 11.1 Å². The van der Waals surface area contributed by atoms with Crippen molar-refractivity contribution in [3.05, 3.63) is 60.2 Å². The number of alkyl carbamates (subject to hydrolysis) is 1. The maximum absolute atomic E-state index is 12.9. The van der Waals surface area contributed by atoms with Gasteiger partial charge in [-0.15, -0.1) is 5.10 Å². The molecule has 0 aliphatic heterocycles. The third-order valence-corrected chi connectivity index (χ3v) is 4.04. The topological polar surface area (TPSA) is 129 Å². The molecule has 3 aromatic rings. The van der Waals surface area contributed by atoms with Gasteiger partial charge < -0.3 is 15.8 Å². The maximum Gasteiger partial charge on any atom is 0.408 e. The molecule has 0 bridgehead atoms. The zero-order valence-corrected chi connectivity index (χ0v) is 14.9. The Bertz CT molecular complexity index is 986. The lowest BCUT2D eigenvalue weighted by atomic mass is 10.1. The van der Waals surface area contributed by atoms with Crippen LogP contribution in [0.25, 0.3) is 11.0 Å². The molecule has 28 heavy (non-hydrogen) atoms. The van der Waals surface area contributed by atoms with Gasteiger partial charge in [-0.1, -0.05) is 47.7 Å². The van der Waals surface area contributed by atoms with Gasteiger partial charge in [0, 0.05) is 6.42 Å². The highest BCUT2D eigenvalue weighted by molar-refractivity contribution is 5.93. The number of hydrogen-bond donors (Lipinski definition) is 2. The predicted octanol–water partition coefficient (Wildman–Crippen LogP) is 1.63. The largest absolute Gasteiger partial charge is 0.445 e. The van der Waals surface area contributed by atoms with E-state index in [-0.39, 0.29) is 19.4 Å². The summed E-state index contributed by atoms with van der Waals surface area (Å²) in [6.07, 6.45) is -0.846. The number of nitrogens with one attached hydrogen (secondary N) is 1. The number of nitrogens with zero attached hydrogens (tertiary/aromatic N) is 3. The number of carbonyl (C=O) groups is 3. The highest BCUT2D eigenvalue weighted by Crippen LogP contribution is 2.12. The summed E-state index contributed by atoms with van der Waals surface area (Å²) in [6.45, 7) is 0.0512. The third kappa shape index (κ3) is 4.70. The number of carbonyl (C=O) groups excluding carboxylic acids is 3. The van der Waals surface area contributed by atoms with E-state index in [1.807, 2.05) is 30.3 Å². The molecule has 1 heterocycles. The van der Waals surface area contributed by atoms with Crippen LogP contribution in [0.4, 0.5) is 4.79 Å². The smallest absolute Gasteiger partial charge is 0.408 e. The summed E-state index contributed by atoms with van der Waals surface area (Å²) >= 11 is 0. The number of nitrogens with two attached hydrogens (primary N) is 1. The monoisotopic (exact) mass is 381 g/mol. The first-order chi connectivity index (χ1) is 13.5. The van der Waals surface area contributed by atoms with Crippen molar-refractivity contribution in [2.24, 2.45) is 5.73 Å². The molecule has 0 aliphatic rings. The normalized spacial score (nSPS) is 11.7. The van der Waals surface area contributed by atoms with Gasteiger partial charge in [0.15, 0.2) is 0 Å².